The molecule has 7 heteroatoms. The molecule has 0 radical (unpaired) electrons. The third-order valence-electron chi connectivity index (χ3n) is 6.43. The zero-order chi connectivity index (χ0) is 18.1. The highest BCUT2D eigenvalue weighted by Gasteiger charge is 2.47. The molecule has 1 aromatic heterocycles. The number of hydrogen-bond acceptors (Lipinski definition) is 4. The van der Waals surface area contributed by atoms with Crippen molar-refractivity contribution in [3.05, 3.63) is 28.7 Å². The van der Waals surface area contributed by atoms with Gasteiger partial charge in [-0.1, -0.05) is 6.42 Å². The van der Waals surface area contributed by atoms with Crippen LogP contribution in [0, 0.1) is 5.41 Å². The molecule has 3 aliphatic rings. The number of anilines is 1. The number of aromatic nitrogens is 2. The zero-order valence-corrected chi connectivity index (χ0v) is 14.8. The lowest BCUT2D eigenvalue weighted by atomic mass is 9.63. The van der Waals surface area contributed by atoms with Crippen LogP contribution in [0.1, 0.15) is 38.1 Å². The van der Waals surface area contributed by atoms with Gasteiger partial charge in [0.2, 0.25) is 11.8 Å². The average Bonchev–Trinajstić information content (AvgIpc) is 2.77. The van der Waals surface area contributed by atoms with Gasteiger partial charge in [-0.25, -0.2) is 4.79 Å². The predicted octanol–water partition coefficient (Wildman–Crippen LogP) is 1.31. The van der Waals surface area contributed by atoms with Crippen LogP contribution in [0.3, 0.4) is 0 Å². The molecule has 3 heterocycles. The fraction of sp³-hybridized carbons (Fsp3) is 0.526. The number of hydrogen-bond donors (Lipinski definition) is 1. The SMILES string of the molecule is Cn1c(=O)n(C2CCC(=O)NC2=O)c2ccc(N3CC4(CCC4)C3)cc21. The van der Waals surface area contributed by atoms with Crippen LogP contribution in [0.25, 0.3) is 11.0 Å². The Morgan fingerprint density at radius 3 is 2.54 bits per heavy atom. The minimum absolute atomic E-state index is 0.217. The normalized spacial score (nSPS) is 24.5. The van der Waals surface area contributed by atoms with Crippen LogP contribution >= 0.6 is 0 Å². The summed E-state index contributed by atoms with van der Waals surface area (Å²) < 4.78 is 3.13. The number of nitrogens with zero attached hydrogens (tertiary/aromatic N) is 3. The number of imide groups is 1. The Balaban J connectivity index is 1.52. The molecule has 3 fully saturated rings. The molecule has 1 aliphatic carbocycles. The van der Waals surface area contributed by atoms with E-state index in [0.29, 0.717) is 11.8 Å². The molecule has 7 nitrogen and oxygen atoms in total. The maximum atomic E-state index is 12.8. The smallest absolute Gasteiger partial charge is 0.329 e. The molecular weight excluding hydrogens is 332 g/mol. The summed E-state index contributed by atoms with van der Waals surface area (Å²) in [5, 5.41) is 2.34. The third kappa shape index (κ3) is 2.09. The van der Waals surface area contributed by atoms with Gasteiger partial charge >= 0.3 is 5.69 Å². The maximum absolute atomic E-state index is 12.8. The lowest BCUT2D eigenvalue weighted by molar-refractivity contribution is -0.135. The van der Waals surface area contributed by atoms with E-state index in [2.05, 4.69) is 10.2 Å². The second-order valence-corrected chi connectivity index (χ2v) is 8.06. The van der Waals surface area contributed by atoms with Crippen molar-refractivity contribution < 1.29 is 9.59 Å². The van der Waals surface area contributed by atoms with Gasteiger partial charge in [0.25, 0.3) is 0 Å². The first-order valence-electron chi connectivity index (χ1n) is 9.27. The highest BCUT2D eigenvalue weighted by Crippen LogP contribution is 2.49. The van der Waals surface area contributed by atoms with Crippen molar-refractivity contribution in [3.8, 4) is 0 Å². The summed E-state index contributed by atoms with van der Waals surface area (Å²) in [6.45, 7) is 2.20. The molecule has 1 spiro atoms. The van der Waals surface area contributed by atoms with Gasteiger partial charge in [0, 0.05) is 37.7 Å². The molecule has 2 amide bonds. The summed E-state index contributed by atoms with van der Waals surface area (Å²) in [7, 11) is 1.74. The van der Waals surface area contributed by atoms with Crippen molar-refractivity contribution in [3.63, 3.8) is 0 Å². The van der Waals surface area contributed by atoms with Crippen LogP contribution in [0.4, 0.5) is 5.69 Å². The molecule has 1 aromatic carbocycles. The molecule has 26 heavy (non-hydrogen) atoms. The van der Waals surface area contributed by atoms with E-state index in [-0.39, 0.29) is 18.0 Å². The van der Waals surface area contributed by atoms with Gasteiger partial charge in [-0.05, 0) is 37.5 Å². The summed E-state index contributed by atoms with van der Waals surface area (Å²) in [6.07, 6.45) is 4.62. The average molecular weight is 354 g/mol. The van der Waals surface area contributed by atoms with E-state index >= 15 is 0 Å². The molecule has 2 aliphatic heterocycles. The van der Waals surface area contributed by atoms with Gasteiger partial charge in [-0.3, -0.25) is 24.0 Å². The molecule has 1 atom stereocenters. The number of imidazole rings is 1. The Morgan fingerprint density at radius 1 is 1.12 bits per heavy atom. The largest absolute Gasteiger partial charge is 0.370 e. The van der Waals surface area contributed by atoms with Gasteiger partial charge in [0.05, 0.1) is 11.0 Å². The molecule has 1 saturated carbocycles. The number of carbonyl (C=O) groups is 2. The van der Waals surface area contributed by atoms with E-state index in [0.717, 1.165) is 29.8 Å². The predicted molar refractivity (Wildman–Crippen MR) is 97.1 cm³/mol. The first-order chi connectivity index (χ1) is 12.5. The molecule has 136 valence electrons. The molecular formula is C19H22N4O3. The Hall–Kier alpha value is -2.57. The second-order valence-electron chi connectivity index (χ2n) is 8.06. The molecule has 0 bridgehead atoms. The molecule has 2 saturated heterocycles. The van der Waals surface area contributed by atoms with E-state index < -0.39 is 11.9 Å². The van der Waals surface area contributed by atoms with Gasteiger partial charge in [-0.15, -0.1) is 0 Å². The van der Waals surface area contributed by atoms with E-state index in [9.17, 15) is 14.4 Å². The third-order valence-corrected chi connectivity index (χ3v) is 6.43. The maximum Gasteiger partial charge on any atom is 0.329 e. The van der Waals surface area contributed by atoms with E-state index in [1.807, 2.05) is 18.2 Å². The van der Waals surface area contributed by atoms with E-state index in [4.69, 9.17) is 0 Å². The van der Waals surface area contributed by atoms with Crippen molar-refractivity contribution in [1.82, 2.24) is 14.5 Å². The number of amides is 2. The van der Waals surface area contributed by atoms with Crippen LogP contribution in [0.5, 0.6) is 0 Å². The summed E-state index contributed by atoms with van der Waals surface area (Å²) in [4.78, 5) is 38.8. The fourth-order valence-corrected chi connectivity index (χ4v) is 4.72. The first kappa shape index (κ1) is 15.7. The lowest BCUT2D eigenvalue weighted by Crippen LogP contribution is -2.59. The Bertz CT molecular complexity index is 990. The fourth-order valence-electron chi connectivity index (χ4n) is 4.72. The van der Waals surface area contributed by atoms with E-state index in [1.165, 1.54) is 23.8 Å². The van der Waals surface area contributed by atoms with Crippen molar-refractivity contribution in [2.45, 2.75) is 38.1 Å². The number of rotatable bonds is 2. The van der Waals surface area contributed by atoms with Gasteiger partial charge in [0.1, 0.15) is 6.04 Å². The zero-order valence-electron chi connectivity index (χ0n) is 14.8. The lowest BCUT2D eigenvalue weighted by Gasteiger charge is -2.57. The van der Waals surface area contributed by atoms with Crippen LogP contribution in [0.15, 0.2) is 23.0 Å². The second kappa shape index (κ2) is 5.22. The first-order valence-corrected chi connectivity index (χ1v) is 9.27. The monoisotopic (exact) mass is 354 g/mol. The highest BCUT2D eigenvalue weighted by molar-refractivity contribution is 6.00. The number of benzene rings is 1. The number of piperidine rings is 1. The molecule has 1 unspecified atom stereocenters. The topological polar surface area (TPSA) is 76.3 Å². The standard InChI is InChI=1S/C19H22N4O3/c1-21-15-9-12(22-10-19(11-22)7-2-8-19)3-4-13(15)23(18(21)26)14-5-6-16(24)20-17(14)25/h3-4,9,14H,2,5-8,10-11H2,1H3,(H,20,24,25). The summed E-state index contributed by atoms with van der Waals surface area (Å²) in [5.74, 6) is -0.667. The van der Waals surface area contributed by atoms with Crippen molar-refractivity contribution in [2.75, 3.05) is 18.0 Å². The number of carbonyl (C=O) groups excluding carboxylic acids is 2. The van der Waals surface area contributed by atoms with Gasteiger partial charge < -0.3 is 4.90 Å². The van der Waals surface area contributed by atoms with Crippen molar-refractivity contribution >= 4 is 28.5 Å². The van der Waals surface area contributed by atoms with Gasteiger partial charge in [-0.2, -0.15) is 0 Å². The number of aryl methyl sites for hydroxylation is 1. The summed E-state index contributed by atoms with van der Waals surface area (Å²) in [6, 6.07) is 5.39. The number of nitrogens with one attached hydrogen (secondary N) is 1. The highest BCUT2D eigenvalue weighted by atomic mass is 16.2. The number of fused-ring (bicyclic) bond motifs is 1. The summed E-state index contributed by atoms with van der Waals surface area (Å²) in [5.41, 5.74) is 3.03. The van der Waals surface area contributed by atoms with Gasteiger partial charge in [0.15, 0.2) is 0 Å². The van der Waals surface area contributed by atoms with Crippen LogP contribution in [-0.4, -0.2) is 34.0 Å². The summed E-state index contributed by atoms with van der Waals surface area (Å²) >= 11 is 0. The Morgan fingerprint density at radius 2 is 1.88 bits per heavy atom. The van der Waals surface area contributed by atoms with Crippen molar-refractivity contribution in [1.29, 1.82) is 0 Å². The van der Waals surface area contributed by atoms with E-state index in [1.54, 1.807) is 11.6 Å². The van der Waals surface area contributed by atoms with Crippen LogP contribution in [-0.2, 0) is 16.6 Å². The Labute approximate surface area is 150 Å². The van der Waals surface area contributed by atoms with Crippen molar-refractivity contribution in [2.24, 2.45) is 12.5 Å². The minimum atomic E-state index is -0.628. The quantitative estimate of drug-likeness (QED) is 0.825. The minimum Gasteiger partial charge on any atom is -0.370 e. The molecule has 1 N–H and O–H groups in total. The molecule has 2 aromatic rings. The van der Waals surface area contributed by atoms with Crippen LogP contribution < -0.4 is 15.9 Å². The molecule has 5 rings (SSSR count). The van der Waals surface area contributed by atoms with Crippen LogP contribution in [0.2, 0.25) is 0 Å². The Kier molecular flexibility index (Phi) is 3.14.